The number of rotatable bonds is 3. The molecule has 9 aromatic carbocycles. The minimum Gasteiger partial charge on any atom is -0.309 e. The van der Waals surface area contributed by atoms with E-state index in [4.69, 9.17) is 0 Å². The summed E-state index contributed by atoms with van der Waals surface area (Å²) in [4.78, 5) is 0. The summed E-state index contributed by atoms with van der Waals surface area (Å²) in [6.07, 6.45) is 0. The van der Waals surface area contributed by atoms with E-state index in [0.29, 0.717) is 0 Å². The highest BCUT2D eigenvalue weighted by Crippen LogP contribution is 2.48. The molecule has 2 aromatic heterocycles. The summed E-state index contributed by atoms with van der Waals surface area (Å²) in [5.74, 6) is 0. The predicted molar refractivity (Wildman–Crippen MR) is 220 cm³/mol. The summed E-state index contributed by atoms with van der Waals surface area (Å²) in [7, 11) is 0. The van der Waals surface area contributed by atoms with Gasteiger partial charge in [-0.05, 0) is 104 Å². The summed E-state index contributed by atoms with van der Waals surface area (Å²) in [5.41, 5.74) is 15.0. The largest absolute Gasteiger partial charge is 0.309 e. The van der Waals surface area contributed by atoms with Gasteiger partial charge >= 0.3 is 0 Å². The Balaban J connectivity index is 1.04. The van der Waals surface area contributed by atoms with E-state index in [1.54, 1.807) is 0 Å². The van der Waals surface area contributed by atoms with Gasteiger partial charge in [0, 0.05) is 32.6 Å². The molecule has 240 valence electrons. The van der Waals surface area contributed by atoms with Crippen molar-refractivity contribution in [3.63, 3.8) is 0 Å². The van der Waals surface area contributed by atoms with Crippen molar-refractivity contribution in [3.05, 3.63) is 182 Å². The van der Waals surface area contributed by atoms with Crippen molar-refractivity contribution in [1.82, 2.24) is 9.13 Å². The van der Waals surface area contributed by atoms with Crippen LogP contribution in [0.2, 0.25) is 0 Å². The molecule has 1 aliphatic rings. The van der Waals surface area contributed by atoms with Crippen LogP contribution in [0.25, 0.3) is 110 Å². The van der Waals surface area contributed by atoms with Crippen LogP contribution in [0, 0.1) is 0 Å². The van der Waals surface area contributed by atoms with Crippen LogP contribution in [0.1, 0.15) is 0 Å². The zero-order valence-corrected chi connectivity index (χ0v) is 28.2. The van der Waals surface area contributed by atoms with Gasteiger partial charge in [-0.15, -0.1) is 0 Å². The van der Waals surface area contributed by atoms with Crippen LogP contribution >= 0.6 is 0 Å². The second-order valence-electron chi connectivity index (χ2n) is 14.1. The van der Waals surface area contributed by atoms with E-state index < -0.39 is 0 Å². The molecule has 0 saturated heterocycles. The van der Waals surface area contributed by atoms with E-state index in [9.17, 15) is 0 Å². The van der Waals surface area contributed by atoms with Gasteiger partial charge < -0.3 is 9.13 Å². The number of aromatic nitrogens is 2. The Morgan fingerprint density at radius 2 is 0.827 bits per heavy atom. The van der Waals surface area contributed by atoms with Crippen LogP contribution < -0.4 is 0 Å². The van der Waals surface area contributed by atoms with Gasteiger partial charge in [-0.2, -0.15) is 0 Å². The molecule has 12 rings (SSSR count). The first-order chi connectivity index (χ1) is 25.8. The molecule has 52 heavy (non-hydrogen) atoms. The van der Waals surface area contributed by atoms with Gasteiger partial charge in [0.15, 0.2) is 0 Å². The van der Waals surface area contributed by atoms with Crippen molar-refractivity contribution >= 4 is 65.2 Å². The number of benzene rings is 9. The number of fused-ring (bicyclic) bond motifs is 10. The standard InChI is InChI=1S/C50H30N2/c1-2-14-36-31(10-1)11-9-21-45(36)52-47-20-6-4-16-39(47)44-29-34(23-27-49(44)52)33-22-26-48-43(28-33)38-15-3-5-19-46(38)51(48)35-24-25-37-40-17-7-12-32-13-8-18-41(50(32)40)42(37)30-35/h1-30H. The lowest BCUT2D eigenvalue weighted by atomic mass is 10.0. The van der Waals surface area contributed by atoms with E-state index >= 15 is 0 Å². The summed E-state index contributed by atoms with van der Waals surface area (Å²) in [6.45, 7) is 0. The minimum atomic E-state index is 1.19. The van der Waals surface area contributed by atoms with Crippen molar-refractivity contribution in [2.24, 2.45) is 0 Å². The second kappa shape index (κ2) is 10.3. The molecule has 2 heterocycles. The number of para-hydroxylation sites is 2. The third-order valence-corrected chi connectivity index (χ3v) is 11.4. The molecular formula is C50H30N2. The quantitative estimate of drug-likeness (QED) is 0.179. The van der Waals surface area contributed by atoms with Crippen molar-refractivity contribution in [1.29, 1.82) is 0 Å². The molecule has 1 aliphatic carbocycles. The average Bonchev–Trinajstić information content (AvgIpc) is 3.84. The monoisotopic (exact) mass is 658 g/mol. The fourth-order valence-corrected chi connectivity index (χ4v) is 9.16. The summed E-state index contributed by atoms with van der Waals surface area (Å²) in [6, 6.07) is 67.3. The van der Waals surface area contributed by atoms with E-state index in [-0.39, 0.29) is 0 Å². The van der Waals surface area contributed by atoms with Crippen molar-refractivity contribution in [2.45, 2.75) is 0 Å². The van der Waals surface area contributed by atoms with E-state index in [2.05, 4.69) is 191 Å². The Bertz CT molecular complexity index is 3290. The third-order valence-electron chi connectivity index (χ3n) is 11.4. The normalized spacial score (nSPS) is 12.2. The van der Waals surface area contributed by atoms with Gasteiger partial charge in [0.2, 0.25) is 0 Å². The number of nitrogens with zero attached hydrogens (tertiary/aromatic N) is 2. The first-order valence-corrected chi connectivity index (χ1v) is 18.0. The van der Waals surface area contributed by atoms with E-state index in [1.807, 2.05) is 0 Å². The lowest BCUT2D eigenvalue weighted by Gasteiger charge is -2.12. The van der Waals surface area contributed by atoms with Crippen LogP contribution in [0.15, 0.2) is 182 Å². The maximum atomic E-state index is 2.44. The van der Waals surface area contributed by atoms with Gasteiger partial charge in [0.1, 0.15) is 0 Å². The Hall–Kier alpha value is -6.90. The zero-order valence-electron chi connectivity index (χ0n) is 28.2. The maximum Gasteiger partial charge on any atom is 0.0541 e. The van der Waals surface area contributed by atoms with E-state index in [0.717, 1.165) is 0 Å². The highest BCUT2D eigenvalue weighted by atomic mass is 15.0. The Labute approximate surface area is 300 Å². The predicted octanol–water partition coefficient (Wildman–Crippen LogP) is 13.5. The molecule has 0 spiro atoms. The van der Waals surface area contributed by atoms with Gasteiger partial charge in [-0.25, -0.2) is 0 Å². The molecule has 0 saturated carbocycles. The van der Waals surface area contributed by atoms with Gasteiger partial charge in [-0.1, -0.05) is 127 Å². The first kappa shape index (κ1) is 27.9. The van der Waals surface area contributed by atoms with Crippen LogP contribution in [-0.2, 0) is 0 Å². The van der Waals surface area contributed by atoms with Crippen LogP contribution in [-0.4, -0.2) is 9.13 Å². The smallest absolute Gasteiger partial charge is 0.0541 e. The van der Waals surface area contributed by atoms with Gasteiger partial charge in [0.25, 0.3) is 0 Å². The Kier molecular flexibility index (Phi) is 5.53. The molecule has 0 fully saturated rings. The molecule has 11 aromatic rings. The van der Waals surface area contributed by atoms with Gasteiger partial charge in [-0.3, -0.25) is 0 Å². The van der Waals surface area contributed by atoms with Crippen molar-refractivity contribution in [2.75, 3.05) is 0 Å². The van der Waals surface area contributed by atoms with Gasteiger partial charge in [0.05, 0.1) is 27.8 Å². The van der Waals surface area contributed by atoms with Crippen molar-refractivity contribution in [3.8, 4) is 44.8 Å². The molecule has 0 aliphatic heterocycles. The topological polar surface area (TPSA) is 9.86 Å². The summed E-state index contributed by atoms with van der Waals surface area (Å²) in [5, 5.41) is 10.2. The molecule has 0 unspecified atom stereocenters. The van der Waals surface area contributed by atoms with Crippen molar-refractivity contribution < 1.29 is 0 Å². The highest BCUT2D eigenvalue weighted by molar-refractivity contribution is 6.16. The SMILES string of the molecule is c1ccc2c(-n3c4ccccc4c4cc(-c5ccc6c(c5)c5ccccc5n6-c5ccc6c(c5)-c5cccc7cccc-6c57)ccc43)cccc2c1. The molecule has 2 nitrogen and oxygen atoms in total. The molecule has 0 amide bonds. The molecule has 0 radical (unpaired) electrons. The minimum absolute atomic E-state index is 1.19. The van der Waals surface area contributed by atoms with Crippen LogP contribution in [0.3, 0.4) is 0 Å². The summed E-state index contributed by atoms with van der Waals surface area (Å²) < 4.78 is 4.88. The average molecular weight is 659 g/mol. The molecule has 0 bridgehead atoms. The lowest BCUT2D eigenvalue weighted by molar-refractivity contribution is 1.18. The molecular weight excluding hydrogens is 629 g/mol. The molecule has 0 N–H and O–H groups in total. The fourth-order valence-electron chi connectivity index (χ4n) is 9.16. The Morgan fingerprint density at radius 1 is 0.288 bits per heavy atom. The third kappa shape index (κ3) is 3.73. The lowest BCUT2D eigenvalue weighted by Crippen LogP contribution is -1.95. The highest BCUT2D eigenvalue weighted by Gasteiger charge is 2.23. The summed E-state index contributed by atoms with van der Waals surface area (Å²) >= 11 is 0. The second-order valence-corrected chi connectivity index (χ2v) is 14.1. The zero-order chi connectivity index (χ0) is 33.9. The van der Waals surface area contributed by atoms with E-state index in [1.165, 1.54) is 110 Å². The number of hydrogen-bond acceptors (Lipinski definition) is 0. The van der Waals surface area contributed by atoms with Crippen LogP contribution in [0.4, 0.5) is 0 Å². The molecule has 2 heteroatoms. The Morgan fingerprint density at radius 3 is 1.56 bits per heavy atom. The molecule has 0 atom stereocenters. The maximum absolute atomic E-state index is 2.44. The van der Waals surface area contributed by atoms with Crippen LogP contribution in [0.5, 0.6) is 0 Å². The number of hydrogen-bond donors (Lipinski definition) is 0. The first-order valence-electron chi connectivity index (χ1n) is 18.0. The fraction of sp³-hybridized carbons (Fsp3) is 0.